The number of nitrogens with one attached hydrogen (secondary N) is 1. The van der Waals surface area contributed by atoms with Gasteiger partial charge in [0.25, 0.3) is 5.91 Å². The molecule has 0 aliphatic rings. The van der Waals surface area contributed by atoms with Crippen molar-refractivity contribution in [2.45, 2.75) is 19.4 Å². The monoisotopic (exact) mass is 245 g/mol. The summed E-state index contributed by atoms with van der Waals surface area (Å²) in [6.07, 6.45) is 0.622. The van der Waals surface area contributed by atoms with Crippen molar-refractivity contribution in [1.82, 2.24) is 5.32 Å². The van der Waals surface area contributed by atoms with E-state index in [1.54, 1.807) is 0 Å². The maximum Gasteiger partial charge on any atom is 0.251 e. The van der Waals surface area contributed by atoms with E-state index in [0.29, 0.717) is 6.42 Å². The van der Waals surface area contributed by atoms with Gasteiger partial charge in [0.1, 0.15) is 5.82 Å². The number of carbonyl (C=O) groups is 1. The summed E-state index contributed by atoms with van der Waals surface area (Å²) in [6, 6.07) is 3.45. The van der Waals surface area contributed by atoms with Crippen molar-refractivity contribution in [2.75, 3.05) is 6.61 Å². The Morgan fingerprint density at radius 1 is 1.62 bits per heavy atom. The van der Waals surface area contributed by atoms with E-state index in [1.165, 1.54) is 12.1 Å². The van der Waals surface area contributed by atoms with Gasteiger partial charge in [-0.25, -0.2) is 4.39 Å². The molecule has 3 nitrogen and oxygen atoms in total. The molecule has 1 amide bonds. The predicted octanol–water partition coefficient (Wildman–Crippen LogP) is 1.98. The molecule has 0 aliphatic carbocycles. The van der Waals surface area contributed by atoms with Crippen LogP contribution in [-0.2, 0) is 0 Å². The molecule has 1 aromatic carbocycles. The third-order valence-corrected chi connectivity index (χ3v) is 2.52. The van der Waals surface area contributed by atoms with Crippen LogP contribution in [0.3, 0.4) is 0 Å². The Kier molecular flexibility index (Phi) is 4.71. The lowest BCUT2D eigenvalue weighted by molar-refractivity contribution is 0.0915. The van der Waals surface area contributed by atoms with Crippen LogP contribution in [0, 0.1) is 5.82 Å². The summed E-state index contributed by atoms with van der Waals surface area (Å²) in [5.41, 5.74) is 0.276. The van der Waals surface area contributed by atoms with Gasteiger partial charge in [0.05, 0.1) is 17.7 Å². The van der Waals surface area contributed by atoms with Gasteiger partial charge in [0.15, 0.2) is 0 Å². The minimum atomic E-state index is -0.563. The topological polar surface area (TPSA) is 49.3 Å². The molecular formula is C11H13ClFNO2. The highest BCUT2D eigenvalue weighted by atomic mass is 35.5. The second-order valence-corrected chi connectivity index (χ2v) is 3.80. The first-order valence-corrected chi connectivity index (χ1v) is 5.33. The average Bonchev–Trinajstić information content (AvgIpc) is 2.29. The number of aliphatic hydroxyl groups excluding tert-OH is 1. The van der Waals surface area contributed by atoms with E-state index in [4.69, 9.17) is 16.7 Å². The van der Waals surface area contributed by atoms with Crippen molar-refractivity contribution in [3.8, 4) is 0 Å². The summed E-state index contributed by atoms with van der Waals surface area (Å²) in [5, 5.41) is 11.4. The van der Waals surface area contributed by atoms with Gasteiger partial charge < -0.3 is 10.4 Å². The summed E-state index contributed by atoms with van der Waals surface area (Å²) in [6.45, 7) is 1.72. The molecule has 0 radical (unpaired) electrons. The lowest BCUT2D eigenvalue weighted by Crippen LogP contribution is -2.36. The van der Waals surface area contributed by atoms with Crippen molar-refractivity contribution in [1.29, 1.82) is 0 Å². The second kappa shape index (κ2) is 5.82. The van der Waals surface area contributed by atoms with Gasteiger partial charge >= 0.3 is 0 Å². The van der Waals surface area contributed by atoms with Crippen LogP contribution in [0.1, 0.15) is 23.7 Å². The summed E-state index contributed by atoms with van der Waals surface area (Å²) in [5.74, 6) is -0.935. The summed E-state index contributed by atoms with van der Waals surface area (Å²) in [7, 11) is 0. The zero-order valence-corrected chi connectivity index (χ0v) is 9.59. The molecule has 0 fully saturated rings. The van der Waals surface area contributed by atoms with Gasteiger partial charge in [-0.2, -0.15) is 0 Å². The van der Waals surface area contributed by atoms with Crippen LogP contribution < -0.4 is 5.32 Å². The van der Waals surface area contributed by atoms with Crippen LogP contribution in [0.15, 0.2) is 18.2 Å². The molecule has 0 saturated heterocycles. The number of halogens is 2. The van der Waals surface area contributed by atoms with E-state index in [-0.39, 0.29) is 29.1 Å². The summed E-state index contributed by atoms with van der Waals surface area (Å²) < 4.78 is 12.9. The zero-order chi connectivity index (χ0) is 12.1. The molecule has 16 heavy (non-hydrogen) atoms. The first-order valence-electron chi connectivity index (χ1n) is 4.95. The normalized spacial score (nSPS) is 12.2. The number of carbonyl (C=O) groups excluding carboxylic acids is 1. The maximum absolute atomic E-state index is 12.9. The molecule has 0 spiro atoms. The van der Waals surface area contributed by atoms with Crippen LogP contribution in [0.2, 0.25) is 5.02 Å². The molecule has 1 rings (SSSR count). The van der Waals surface area contributed by atoms with E-state index in [9.17, 15) is 9.18 Å². The smallest absolute Gasteiger partial charge is 0.251 e. The molecule has 0 aliphatic heterocycles. The zero-order valence-electron chi connectivity index (χ0n) is 8.84. The lowest BCUT2D eigenvalue weighted by Gasteiger charge is -2.13. The van der Waals surface area contributed by atoms with Crippen LogP contribution in [-0.4, -0.2) is 23.7 Å². The fraction of sp³-hybridized carbons (Fsp3) is 0.364. The lowest BCUT2D eigenvalue weighted by atomic mass is 10.1. The quantitative estimate of drug-likeness (QED) is 0.852. The van der Waals surface area contributed by atoms with Crippen LogP contribution in [0.4, 0.5) is 4.39 Å². The summed E-state index contributed by atoms with van der Waals surface area (Å²) in [4.78, 5) is 11.6. The minimum Gasteiger partial charge on any atom is -0.394 e. The number of rotatable bonds is 4. The van der Waals surface area contributed by atoms with Gasteiger partial charge in [0, 0.05) is 5.56 Å². The molecule has 0 unspecified atom stereocenters. The first kappa shape index (κ1) is 12.9. The molecule has 0 saturated carbocycles. The number of hydrogen-bond donors (Lipinski definition) is 2. The van der Waals surface area contributed by atoms with Crippen LogP contribution in [0.25, 0.3) is 0 Å². The number of hydrogen-bond acceptors (Lipinski definition) is 2. The summed E-state index contributed by atoms with van der Waals surface area (Å²) >= 11 is 5.56. The molecule has 88 valence electrons. The van der Waals surface area contributed by atoms with Crippen molar-refractivity contribution < 1.29 is 14.3 Å². The third-order valence-electron chi connectivity index (χ3n) is 2.23. The first-order chi connectivity index (χ1) is 7.58. The maximum atomic E-state index is 12.9. The SMILES string of the molecule is CC[C@@H](CO)NC(=O)c1ccc(F)c(Cl)c1. The Hall–Kier alpha value is -1.13. The van der Waals surface area contributed by atoms with E-state index < -0.39 is 5.82 Å². The highest BCUT2D eigenvalue weighted by molar-refractivity contribution is 6.31. The fourth-order valence-electron chi connectivity index (χ4n) is 1.18. The molecule has 1 atom stereocenters. The van der Waals surface area contributed by atoms with Gasteiger partial charge in [0.2, 0.25) is 0 Å². The molecule has 0 heterocycles. The van der Waals surface area contributed by atoms with Crippen LogP contribution >= 0.6 is 11.6 Å². The molecule has 2 N–H and O–H groups in total. The van der Waals surface area contributed by atoms with Crippen molar-refractivity contribution in [2.24, 2.45) is 0 Å². The number of amides is 1. The Morgan fingerprint density at radius 2 is 2.31 bits per heavy atom. The highest BCUT2D eigenvalue weighted by Crippen LogP contribution is 2.16. The standard InChI is InChI=1S/C11H13ClFNO2/c1-2-8(6-15)14-11(16)7-3-4-10(13)9(12)5-7/h3-5,8,15H,2,6H2,1H3,(H,14,16)/t8-/m0/s1. The molecule has 0 bridgehead atoms. The molecule has 5 heteroatoms. The minimum absolute atomic E-state index is 0.0929. The van der Waals surface area contributed by atoms with Gasteiger partial charge in [-0.15, -0.1) is 0 Å². The molecular weight excluding hydrogens is 233 g/mol. The second-order valence-electron chi connectivity index (χ2n) is 3.39. The van der Waals surface area contributed by atoms with Crippen molar-refractivity contribution >= 4 is 17.5 Å². The fourth-order valence-corrected chi connectivity index (χ4v) is 1.36. The van der Waals surface area contributed by atoms with E-state index in [1.807, 2.05) is 6.92 Å². The average molecular weight is 246 g/mol. The van der Waals surface area contributed by atoms with E-state index in [2.05, 4.69) is 5.32 Å². The Labute approximate surface area is 98.2 Å². The van der Waals surface area contributed by atoms with E-state index >= 15 is 0 Å². The number of aliphatic hydroxyl groups is 1. The predicted molar refractivity (Wildman–Crippen MR) is 60.0 cm³/mol. The Balaban J connectivity index is 2.76. The van der Waals surface area contributed by atoms with Crippen molar-refractivity contribution in [3.63, 3.8) is 0 Å². The van der Waals surface area contributed by atoms with Gasteiger partial charge in [-0.05, 0) is 24.6 Å². The Bertz CT molecular complexity index is 380. The van der Waals surface area contributed by atoms with Crippen molar-refractivity contribution in [3.05, 3.63) is 34.6 Å². The van der Waals surface area contributed by atoms with Crippen LogP contribution in [0.5, 0.6) is 0 Å². The highest BCUT2D eigenvalue weighted by Gasteiger charge is 2.12. The Morgan fingerprint density at radius 3 is 2.81 bits per heavy atom. The number of benzene rings is 1. The largest absolute Gasteiger partial charge is 0.394 e. The van der Waals surface area contributed by atoms with E-state index in [0.717, 1.165) is 6.07 Å². The van der Waals surface area contributed by atoms with Gasteiger partial charge in [-0.3, -0.25) is 4.79 Å². The molecule has 1 aromatic rings. The third kappa shape index (κ3) is 3.18. The molecule has 0 aromatic heterocycles. The van der Waals surface area contributed by atoms with Gasteiger partial charge in [-0.1, -0.05) is 18.5 Å².